The van der Waals surface area contributed by atoms with Gasteiger partial charge in [0.15, 0.2) is 0 Å². The van der Waals surface area contributed by atoms with E-state index in [0.717, 1.165) is 44.3 Å². The Hall–Kier alpha value is -1.48. The number of carbonyl (C=O) groups is 1. The van der Waals surface area contributed by atoms with E-state index in [2.05, 4.69) is 48.0 Å². The third kappa shape index (κ3) is 5.78. The zero-order valence-electron chi connectivity index (χ0n) is 18.2. The molecule has 0 radical (unpaired) electrons. The molecule has 2 aromatic rings. The highest BCUT2D eigenvalue weighted by Crippen LogP contribution is 2.30. The van der Waals surface area contributed by atoms with Crippen LogP contribution in [0.15, 0.2) is 24.3 Å². The zero-order chi connectivity index (χ0) is 20.6. The predicted octanol–water partition coefficient (Wildman–Crippen LogP) is 6.70. The first-order chi connectivity index (χ1) is 14.1. The number of aryl methyl sites for hydroxylation is 1. The Balaban J connectivity index is 1.95. The number of alkyl halides is 1. The first kappa shape index (κ1) is 22.2. The number of fused-ring (bicyclic) bond motifs is 1. The van der Waals surface area contributed by atoms with Crippen LogP contribution in [0.1, 0.15) is 87.7 Å². The highest BCUT2D eigenvalue weighted by molar-refractivity contribution is 6.17. The van der Waals surface area contributed by atoms with Gasteiger partial charge in [0.1, 0.15) is 5.69 Å². The lowest BCUT2D eigenvalue weighted by Crippen LogP contribution is -2.37. The van der Waals surface area contributed by atoms with E-state index in [0.29, 0.717) is 17.8 Å². The summed E-state index contributed by atoms with van der Waals surface area (Å²) in [5.74, 6) is 1.29. The Morgan fingerprint density at radius 3 is 2.48 bits per heavy atom. The van der Waals surface area contributed by atoms with Crippen molar-refractivity contribution in [2.45, 2.75) is 90.6 Å². The van der Waals surface area contributed by atoms with Crippen LogP contribution in [-0.2, 0) is 13.0 Å². The van der Waals surface area contributed by atoms with Crippen molar-refractivity contribution in [3.05, 3.63) is 35.5 Å². The Bertz CT molecular complexity index is 787. The van der Waals surface area contributed by atoms with Gasteiger partial charge in [-0.2, -0.15) is 0 Å². The molecule has 0 bridgehead atoms. The molecule has 1 heterocycles. The fourth-order valence-electron chi connectivity index (χ4n) is 4.70. The molecule has 4 heteroatoms. The van der Waals surface area contributed by atoms with Crippen molar-refractivity contribution >= 4 is 28.4 Å². The van der Waals surface area contributed by atoms with Gasteiger partial charge in [0, 0.05) is 29.4 Å². The summed E-state index contributed by atoms with van der Waals surface area (Å²) < 4.78 is 2.26. The molecule has 1 aliphatic carbocycles. The summed E-state index contributed by atoms with van der Waals surface area (Å²) >= 11 is 5.93. The van der Waals surface area contributed by atoms with Crippen LogP contribution >= 0.6 is 11.6 Å². The predicted molar refractivity (Wildman–Crippen MR) is 124 cm³/mol. The monoisotopic (exact) mass is 416 g/mol. The number of nitrogens with one attached hydrogen (secondary N) is 1. The average Bonchev–Trinajstić information content (AvgIpc) is 2.97. The van der Waals surface area contributed by atoms with E-state index in [1.807, 2.05) is 0 Å². The summed E-state index contributed by atoms with van der Waals surface area (Å²) in [5, 5.41) is 4.65. The van der Waals surface area contributed by atoms with E-state index in [1.165, 1.54) is 48.6 Å². The number of amides is 1. The molecule has 29 heavy (non-hydrogen) atoms. The quantitative estimate of drug-likeness (QED) is 0.377. The Labute approximate surface area is 181 Å². The highest BCUT2D eigenvalue weighted by Gasteiger charge is 2.25. The van der Waals surface area contributed by atoms with E-state index in [-0.39, 0.29) is 5.91 Å². The molecule has 0 aliphatic heterocycles. The molecule has 1 amide bonds. The summed E-state index contributed by atoms with van der Waals surface area (Å²) in [4.78, 5) is 13.6. The van der Waals surface area contributed by atoms with Crippen molar-refractivity contribution in [2.24, 2.45) is 5.92 Å². The van der Waals surface area contributed by atoms with Crippen LogP contribution in [0.5, 0.6) is 0 Å². The van der Waals surface area contributed by atoms with Crippen LogP contribution in [0.25, 0.3) is 10.9 Å². The second-order valence-corrected chi connectivity index (χ2v) is 9.38. The second-order valence-electron chi connectivity index (χ2n) is 9.01. The maximum atomic E-state index is 13.6. The van der Waals surface area contributed by atoms with Gasteiger partial charge in [-0.25, -0.2) is 0 Å². The molecule has 3 rings (SSSR count). The molecular weight excluding hydrogens is 380 g/mol. The van der Waals surface area contributed by atoms with Crippen LogP contribution in [0.4, 0.5) is 0 Å². The van der Waals surface area contributed by atoms with Crippen LogP contribution in [-0.4, -0.2) is 22.4 Å². The number of para-hydroxylation sites is 1. The van der Waals surface area contributed by atoms with Gasteiger partial charge in [-0.15, -0.1) is 11.6 Å². The van der Waals surface area contributed by atoms with Crippen LogP contribution in [0, 0.1) is 5.92 Å². The number of unbranched alkanes of at least 4 members (excludes halogenated alkanes) is 1. The van der Waals surface area contributed by atoms with E-state index in [4.69, 9.17) is 11.6 Å². The van der Waals surface area contributed by atoms with E-state index >= 15 is 0 Å². The van der Waals surface area contributed by atoms with Crippen LogP contribution < -0.4 is 5.32 Å². The molecule has 160 valence electrons. The Morgan fingerprint density at radius 2 is 1.79 bits per heavy atom. The van der Waals surface area contributed by atoms with Gasteiger partial charge in [-0.3, -0.25) is 4.79 Å². The summed E-state index contributed by atoms with van der Waals surface area (Å²) in [6, 6.07) is 8.82. The first-order valence-corrected chi connectivity index (χ1v) is 12.1. The number of hydrogen-bond acceptors (Lipinski definition) is 1. The largest absolute Gasteiger partial charge is 0.348 e. The minimum atomic E-state index is 0.119. The molecule has 1 aliphatic rings. The van der Waals surface area contributed by atoms with Gasteiger partial charge in [0.05, 0.1) is 0 Å². The fraction of sp³-hybridized carbons (Fsp3) is 0.640. The maximum Gasteiger partial charge on any atom is 0.268 e. The normalized spacial score (nSPS) is 16.1. The molecule has 1 aromatic carbocycles. The van der Waals surface area contributed by atoms with E-state index in [9.17, 15) is 4.79 Å². The Morgan fingerprint density at radius 1 is 1.10 bits per heavy atom. The van der Waals surface area contributed by atoms with E-state index < -0.39 is 0 Å². The van der Waals surface area contributed by atoms with E-state index in [1.54, 1.807) is 0 Å². The lowest BCUT2D eigenvalue weighted by molar-refractivity contribution is 0.0920. The van der Waals surface area contributed by atoms with Gasteiger partial charge >= 0.3 is 0 Å². The van der Waals surface area contributed by atoms with Gasteiger partial charge in [-0.05, 0) is 49.7 Å². The maximum absolute atomic E-state index is 13.6. The number of rotatable bonds is 8. The minimum absolute atomic E-state index is 0.119. The zero-order valence-corrected chi connectivity index (χ0v) is 18.9. The first-order valence-electron chi connectivity index (χ1n) is 11.6. The summed E-state index contributed by atoms with van der Waals surface area (Å²) in [6.45, 7) is 5.31. The van der Waals surface area contributed by atoms with Crippen molar-refractivity contribution in [1.82, 2.24) is 9.88 Å². The van der Waals surface area contributed by atoms with Gasteiger partial charge in [0.2, 0.25) is 0 Å². The van der Waals surface area contributed by atoms with Crippen LogP contribution in [0.2, 0.25) is 0 Å². The summed E-state index contributed by atoms with van der Waals surface area (Å²) in [6.07, 6.45) is 11.5. The number of benzene rings is 1. The van der Waals surface area contributed by atoms with Crippen molar-refractivity contribution in [2.75, 3.05) is 5.88 Å². The SMILES string of the molecule is CC(C)Cc1c(C(=O)NC2CCCCCCC2)n(CCCCCl)c2ccccc12. The number of carbonyl (C=O) groups excluding carboxylic acids is 1. The molecule has 1 aromatic heterocycles. The summed E-state index contributed by atoms with van der Waals surface area (Å²) in [5.41, 5.74) is 3.28. The van der Waals surface area contributed by atoms with Gasteiger partial charge < -0.3 is 9.88 Å². The van der Waals surface area contributed by atoms with Crippen molar-refractivity contribution in [1.29, 1.82) is 0 Å². The lowest BCUT2D eigenvalue weighted by Gasteiger charge is -2.22. The van der Waals surface area contributed by atoms with Crippen LogP contribution in [0.3, 0.4) is 0 Å². The number of nitrogens with zero attached hydrogens (tertiary/aromatic N) is 1. The standard InChI is InChI=1S/C25H37ClN2O/c1-19(2)18-22-21-14-8-9-15-23(21)28(17-11-10-16-26)24(22)25(29)27-20-12-6-4-3-5-7-13-20/h8-9,14-15,19-20H,3-7,10-13,16-18H2,1-2H3,(H,27,29). The lowest BCUT2D eigenvalue weighted by atomic mass is 9.96. The van der Waals surface area contributed by atoms with Gasteiger partial charge in [0.25, 0.3) is 5.91 Å². The molecule has 1 N–H and O–H groups in total. The molecule has 0 spiro atoms. The molecule has 0 unspecified atom stereocenters. The van der Waals surface area contributed by atoms with Crippen molar-refractivity contribution < 1.29 is 4.79 Å². The highest BCUT2D eigenvalue weighted by atomic mass is 35.5. The van der Waals surface area contributed by atoms with Crippen molar-refractivity contribution in [3.63, 3.8) is 0 Å². The average molecular weight is 417 g/mol. The summed E-state index contributed by atoms with van der Waals surface area (Å²) in [7, 11) is 0. The second kappa shape index (κ2) is 11.1. The fourth-order valence-corrected chi connectivity index (χ4v) is 4.89. The van der Waals surface area contributed by atoms with Gasteiger partial charge in [-0.1, -0.05) is 64.2 Å². The van der Waals surface area contributed by atoms with Crippen molar-refractivity contribution in [3.8, 4) is 0 Å². The number of halogens is 1. The molecule has 1 saturated carbocycles. The third-order valence-corrected chi connectivity index (χ3v) is 6.38. The molecule has 0 atom stereocenters. The minimum Gasteiger partial charge on any atom is -0.348 e. The molecule has 3 nitrogen and oxygen atoms in total. The molecule has 1 fully saturated rings. The number of hydrogen-bond donors (Lipinski definition) is 1. The topological polar surface area (TPSA) is 34.0 Å². The third-order valence-electron chi connectivity index (χ3n) is 6.11. The smallest absolute Gasteiger partial charge is 0.268 e. The molecule has 0 saturated heterocycles. The Kier molecular flexibility index (Phi) is 8.47. The molecular formula is C25H37ClN2O. The number of aromatic nitrogens is 1.